The van der Waals surface area contributed by atoms with Crippen LogP contribution in [0.3, 0.4) is 0 Å². The van der Waals surface area contributed by atoms with E-state index in [4.69, 9.17) is 4.74 Å². The van der Waals surface area contributed by atoms with Crippen molar-refractivity contribution in [2.75, 3.05) is 19.3 Å². The predicted octanol–water partition coefficient (Wildman–Crippen LogP) is 2.41. The van der Waals surface area contributed by atoms with Crippen molar-refractivity contribution in [3.63, 3.8) is 0 Å². The van der Waals surface area contributed by atoms with Gasteiger partial charge in [0.05, 0.1) is 16.2 Å². The zero-order valence-electron chi connectivity index (χ0n) is 16.1. The van der Waals surface area contributed by atoms with Gasteiger partial charge >= 0.3 is 5.97 Å². The number of aromatic nitrogens is 2. The number of sulfonamides is 1. The monoisotopic (exact) mass is 437 g/mol. The molecule has 2 heterocycles. The topological polar surface area (TPSA) is 109 Å². The lowest BCUT2D eigenvalue weighted by Crippen LogP contribution is -2.31. The highest BCUT2D eigenvalue weighted by Gasteiger charge is 2.25. The second-order valence-corrected chi connectivity index (χ2v) is 9.40. The van der Waals surface area contributed by atoms with E-state index in [0.29, 0.717) is 23.9 Å². The van der Waals surface area contributed by atoms with Crippen molar-refractivity contribution in [3.8, 4) is 0 Å². The number of aromatic amines is 1. The minimum Gasteiger partial charge on any atom is -0.456 e. The molecule has 1 fully saturated rings. The van der Waals surface area contributed by atoms with E-state index >= 15 is 0 Å². The fraction of sp³-hybridized carbons (Fsp3) is 0.421. The average molecular weight is 438 g/mol. The summed E-state index contributed by atoms with van der Waals surface area (Å²) in [5.41, 5.74) is 0.250. The minimum atomic E-state index is -3.56. The highest BCUT2D eigenvalue weighted by molar-refractivity contribution is 7.98. The Morgan fingerprint density at radius 3 is 2.45 bits per heavy atom. The van der Waals surface area contributed by atoms with Crippen molar-refractivity contribution in [1.82, 2.24) is 14.3 Å². The van der Waals surface area contributed by atoms with Crippen molar-refractivity contribution < 1.29 is 17.9 Å². The molecule has 0 bridgehead atoms. The third-order valence-electron chi connectivity index (χ3n) is 4.61. The summed E-state index contributed by atoms with van der Waals surface area (Å²) in [4.78, 5) is 30.7. The molecule has 0 radical (unpaired) electrons. The number of ether oxygens (including phenoxy) is 1. The molecule has 1 saturated heterocycles. The van der Waals surface area contributed by atoms with E-state index in [1.54, 1.807) is 6.26 Å². The summed E-state index contributed by atoms with van der Waals surface area (Å²) in [6, 6.07) is 6.99. The van der Waals surface area contributed by atoms with Gasteiger partial charge < -0.3 is 9.72 Å². The summed E-state index contributed by atoms with van der Waals surface area (Å²) < 4.78 is 32.3. The fourth-order valence-electron chi connectivity index (χ4n) is 3.07. The second kappa shape index (κ2) is 9.55. The first-order valence-electron chi connectivity index (χ1n) is 9.32. The summed E-state index contributed by atoms with van der Waals surface area (Å²) in [7, 11) is -3.56. The number of carbonyl (C=O) groups is 1. The van der Waals surface area contributed by atoms with Crippen LogP contribution in [-0.4, -0.2) is 48.0 Å². The van der Waals surface area contributed by atoms with E-state index in [2.05, 4.69) is 9.97 Å². The second-order valence-electron chi connectivity index (χ2n) is 6.66. The number of nitrogens with one attached hydrogen (secondary N) is 1. The molecule has 1 aliphatic heterocycles. The lowest BCUT2D eigenvalue weighted by molar-refractivity contribution is 0.0466. The maximum atomic E-state index is 12.8. The van der Waals surface area contributed by atoms with E-state index in [0.717, 1.165) is 25.7 Å². The summed E-state index contributed by atoms with van der Waals surface area (Å²) >= 11 is 1.28. The van der Waals surface area contributed by atoms with Crippen molar-refractivity contribution in [3.05, 3.63) is 51.9 Å². The third-order valence-corrected chi connectivity index (χ3v) is 7.10. The van der Waals surface area contributed by atoms with Gasteiger partial charge in [0.25, 0.3) is 5.56 Å². The first kappa shape index (κ1) is 21.5. The largest absolute Gasteiger partial charge is 0.456 e. The van der Waals surface area contributed by atoms with Gasteiger partial charge in [-0.15, -0.1) is 0 Å². The number of esters is 1. The number of carbonyl (C=O) groups excluding carboxylic acids is 1. The molecule has 3 rings (SSSR count). The van der Waals surface area contributed by atoms with E-state index in [1.807, 2.05) is 0 Å². The zero-order valence-corrected chi connectivity index (χ0v) is 17.7. The van der Waals surface area contributed by atoms with Crippen LogP contribution in [0.2, 0.25) is 0 Å². The van der Waals surface area contributed by atoms with E-state index in [9.17, 15) is 18.0 Å². The smallest absolute Gasteiger partial charge is 0.338 e. The van der Waals surface area contributed by atoms with Gasteiger partial charge in [-0.2, -0.15) is 4.31 Å². The molecule has 0 amide bonds. The molecule has 0 saturated carbocycles. The van der Waals surface area contributed by atoms with Crippen LogP contribution in [-0.2, 0) is 21.4 Å². The molecular formula is C19H23N3O5S2. The van der Waals surface area contributed by atoms with Crippen molar-refractivity contribution in [2.24, 2.45) is 0 Å². The van der Waals surface area contributed by atoms with Crippen molar-refractivity contribution in [1.29, 1.82) is 0 Å². The molecule has 0 spiro atoms. The molecule has 8 nitrogen and oxygen atoms in total. The number of nitrogens with zero attached hydrogens (tertiary/aromatic N) is 2. The molecule has 156 valence electrons. The fourth-order valence-corrected chi connectivity index (χ4v) is 5.00. The van der Waals surface area contributed by atoms with Crippen LogP contribution >= 0.6 is 11.8 Å². The summed E-state index contributed by atoms with van der Waals surface area (Å²) in [6.07, 6.45) is 5.57. The molecular weight excluding hydrogens is 414 g/mol. The van der Waals surface area contributed by atoms with Crippen LogP contribution in [0.1, 0.15) is 41.7 Å². The minimum absolute atomic E-state index is 0.149. The molecule has 1 N–H and O–H groups in total. The quantitative estimate of drug-likeness (QED) is 0.420. The number of hydrogen-bond acceptors (Lipinski definition) is 7. The molecule has 2 aromatic rings. The average Bonchev–Trinajstić information content (AvgIpc) is 3.02. The first-order chi connectivity index (χ1) is 13.9. The Morgan fingerprint density at radius 2 is 1.83 bits per heavy atom. The molecule has 1 aliphatic rings. The molecule has 10 heteroatoms. The van der Waals surface area contributed by atoms with Gasteiger partial charge in [-0.3, -0.25) is 4.79 Å². The van der Waals surface area contributed by atoms with Crippen molar-refractivity contribution in [2.45, 2.75) is 42.3 Å². The number of hydrogen-bond donors (Lipinski definition) is 1. The van der Waals surface area contributed by atoms with Gasteiger partial charge in [-0.1, -0.05) is 24.6 Å². The maximum absolute atomic E-state index is 12.8. The van der Waals surface area contributed by atoms with Gasteiger partial charge in [0.15, 0.2) is 5.16 Å². The predicted molar refractivity (Wildman–Crippen MR) is 109 cm³/mol. The van der Waals surface area contributed by atoms with E-state index in [-0.39, 0.29) is 22.6 Å². The molecule has 1 aromatic heterocycles. The highest BCUT2D eigenvalue weighted by atomic mass is 32.2. The first-order valence-corrected chi connectivity index (χ1v) is 12.0. The van der Waals surface area contributed by atoms with Crippen LogP contribution < -0.4 is 5.56 Å². The van der Waals surface area contributed by atoms with Gasteiger partial charge in [-0.05, 0) is 43.4 Å². The SMILES string of the molecule is CSc1nc(COC(=O)c2ccc(S(=O)(=O)N3CCCCCC3)cc2)cc(=O)[nH]1. The number of rotatable bonds is 6. The number of H-pyrrole nitrogens is 1. The summed E-state index contributed by atoms with van der Waals surface area (Å²) in [5.74, 6) is -0.614. The zero-order chi connectivity index (χ0) is 20.9. The Morgan fingerprint density at radius 1 is 1.17 bits per heavy atom. The van der Waals surface area contributed by atoms with Crippen LogP contribution in [0.5, 0.6) is 0 Å². The molecule has 0 unspecified atom stereocenters. The van der Waals surface area contributed by atoms with Crippen LogP contribution in [0.4, 0.5) is 0 Å². The number of benzene rings is 1. The molecule has 1 aromatic carbocycles. The molecule has 0 atom stereocenters. The van der Waals surface area contributed by atoms with Crippen LogP contribution in [0.25, 0.3) is 0 Å². The Bertz CT molecular complexity index is 1010. The summed E-state index contributed by atoms with van der Waals surface area (Å²) in [6.45, 7) is 0.894. The Hall–Kier alpha value is -2.17. The standard InChI is InChI=1S/C19H23N3O5S2/c1-28-19-20-15(12-17(23)21-19)13-27-18(24)14-6-8-16(9-7-14)29(25,26)22-10-4-2-3-5-11-22/h6-9,12H,2-5,10-11,13H2,1H3,(H,20,21,23). The number of thioether (sulfide) groups is 1. The lowest BCUT2D eigenvalue weighted by atomic mass is 10.2. The van der Waals surface area contributed by atoms with Crippen LogP contribution in [0, 0.1) is 0 Å². The van der Waals surface area contributed by atoms with Gasteiger partial charge in [-0.25, -0.2) is 18.2 Å². The van der Waals surface area contributed by atoms with Crippen molar-refractivity contribution >= 4 is 27.8 Å². The van der Waals surface area contributed by atoms with E-state index in [1.165, 1.54) is 46.4 Å². The Labute approximate surface area is 173 Å². The highest BCUT2D eigenvalue weighted by Crippen LogP contribution is 2.21. The molecule has 29 heavy (non-hydrogen) atoms. The lowest BCUT2D eigenvalue weighted by Gasteiger charge is -2.19. The molecule has 0 aliphatic carbocycles. The van der Waals surface area contributed by atoms with Crippen LogP contribution in [0.15, 0.2) is 45.2 Å². The van der Waals surface area contributed by atoms with E-state index < -0.39 is 16.0 Å². The third kappa shape index (κ3) is 5.46. The Balaban J connectivity index is 1.67. The summed E-state index contributed by atoms with van der Waals surface area (Å²) in [5, 5.41) is 0.437. The van der Waals surface area contributed by atoms with Gasteiger partial charge in [0.2, 0.25) is 10.0 Å². The van der Waals surface area contributed by atoms with Gasteiger partial charge in [0, 0.05) is 19.2 Å². The maximum Gasteiger partial charge on any atom is 0.338 e. The van der Waals surface area contributed by atoms with Gasteiger partial charge in [0.1, 0.15) is 6.61 Å². The normalized spacial score (nSPS) is 15.6. The Kier molecular flexibility index (Phi) is 7.09.